The molecule has 2 aromatic carbocycles. The van der Waals surface area contributed by atoms with Crippen LogP contribution in [0.25, 0.3) is 0 Å². The van der Waals surface area contributed by atoms with Crippen molar-refractivity contribution in [2.45, 2.75) is 38.6 Å². The van der Waals surface area contributed by atoms with E-state index in [1.54, 1.807) is 0 Å². The van der Waals surface area contributed by atoms with Gasteiger partial charge in [0.15, 0.2) is 0 Å². The zero-order chi connectivity index (χ0) is 20.9. The summed E-state index contributed by atoms with van der Waals surface area (Å²) >= 11 is 0. The first-order valence-electron chi connectivity index (χ1n) is 11.3. The summed E-state index contributed by atoms with van der Waals surface area (Å²) in [5.41, 5.74) is 4.67. The number of carbonyl (C=O) groups excluding carboxylic acids is 1. The first kappa shape index (κ1) is 20.7. The maximum absolute atomic E-state index is 13.0. The predicted octanol–water partition coefficient (Wildman–Crippen LogP) is 4.03. The van der Waals surface area contributed by atoms with Gasteiger partial charge in [0.1, 0.15) is 5.75 Å². The molecule has 0 radical (unpaired) electrons. The molecule has 2 aliphatic heterocycles. The highest BCUT2D eigenvalue weighted by atomic mass is 16.5. The van der Waals surface area contributed by atoms with E-state index in [2.05, 4.69) is 40.4 Å². The van der Waals surface area contributed by atoms with Crippen molar-refractivity contribution in [3.8, 4) is 5.75 Å². The Kier molecular flexibility index (Phi) is 6.58. The third-order valence-electron chi connectivity index (χ3n) is 6.34. The maximum atomic E-state index is 13.0. The second-order valence-corrected chi connectivity index (χ2v) is 8.31. The summed E-state index contributed by atoms with van der Waals surface area (Å²) in [7, 11) is 2.16. The number of hydrogen-bond donors (Lipinski definition) is 1. The van der Waals surface area contributed by atoms with E-state index >= 15 is 0 Å². The molecule has 0 saturated carbocycles. The lowest BCUT2D eigenvalue weighted by Crippen LogP contribution is -2.40. The quantitative estimate of drug-likeness (QED) is 0.753. The van der Waals surface area contributed by atoms with Gasteiger partial charge in [-0.15, -0.1) is 0 Å². The van der Waals surface area contributed by atoms with Crippen LogP contribution in [0.3, 0.4) is 0 Å². The summed E-state index contributed by atoms with van der Waals surface area (Å²) in [5, 5.41) is 3.20. The number of likely N-dealkylation sites (tertiary alicyclic amines) is 1. The van der Waals surface area contributed by atoms with E-state index in [0.29, 0.717) is 24.5 Å². The Balaban J connectivity index is 1.53. The second kappa shape index (κ2) is 9.52. The summed E-state index contributed by atoms with van der Waals surface area (Å²) in [4.78, 5) is 17.8. The fraction of sp³-hybridized carbons (Fsp3) is 0.480. The monoisotopic (exact) mass is 407 g/mol. The van der Waals surface area contributed by atoms with Crippen LogP contribution in [-0.2, 0) is 6.42 Å². The molecule has 2 heterocycles. The summed E-state index contributed by atoms with van der Waals surface area (Å²) in [6.45, 7) is 6.35. The third kappa shape index (κ3) is 4.46. The maximum Gasteiger partial charge on any atom is 0.255 e. The Labute approximate surface area is 180 Å². The summed E-state index contributed by atoms with van der Waals surface area (Å²) < 4.78 is 5.65. The minimum Gasteiger partial charge on any atom is -0.493 e. The molecule has 0 aromatic heterocycles. The fourth-order valence-electron chi connectivity index (χ4n) is 4.70. The van der Waals surface area contributed by atoms with E-state index in [9.17, 15) is 4.79 Å². The zero-order valence-electron chi connectivity index (χ0n) is 18.2. The van der Waals surface area contributed by atoms with Crippen molar-refractivity contribution in [1.29, 1.82) is 0 Å². The standard InChI is InChI=1S/C25H33N3O2/c1-3-30-24-10-6-5-9-21(24)25(29)26-18-23(28-14-7-4-8-15-28)19-11-12-22-20(17-19)13-16-27(22)2/h5-6,9-12,17,23H,3-4,7-8,13-16,18H2,1-2H3,(H,26,29). The smallest absolute Gasteiger partial charge is 0.255 e. The number of fused-ring (bicyclic) bond motifs is 1. The van der Waals surface area contributed by atoms with E-state index in [0.717, 1.165) is 26.1 Å². The normalized spacial score (nSPS) is 17.5. The SMILES string of the molecule is CCOc1ccccc1C(=O)NCC(c1ccc2c(c1)CCN2C)N1CCCCC1. The molecular weight excluding hydrogens is 374 g/mol. The minimum atomic E-state index is -0.0676. The molecule has 5 heteroatoms. The molecule has 2 aliphatic rings. The van der Waals surface area contributed by atoms with Gasteiger partial charge in [-0.1, -0.05) is 30.7 Å². The highest BCUT2D eigenvalue weighted by Gasteiger charge is 2.25. The Morgan fingerprint density at radius 1 is 1.10 bits per heavy atom. The van der Waals surface area contributed by atoms with E-state index in [1.807, 2.05) is 31.2 Å². The molecule has 1 saturated heterocycles. The van der Waals surface area contributed by atoms with Gasteiger partial charge in [0.2, 0.25) is 0 Å². The molecule has 0 spiro atoms. The molecule has 5 nitrogen and oxygen atoms in total. The van der Waals surface area contributed by atoms with Gasteiger partial charge in [0.25, 0.3) is 5.91 Å². The van der Waals surface area contributed by atoms with Gasteiger partial charge in [-0.3, -0.25) is 9.69 Å². The van der Waals surface area contributed by atoms with Gasteiger partial charge in [-0.2, -0.15) is 0 Å². The Morgan fingerprint density at radius 2 is 1.90 bits per heavy atom. The molecule has 0 bridgehead atoms. The van der Waals surface area contributed by atoms with Crippen LogP contribution >= 0.6 is 0 Å². The van der Waals surface area contributed by atoms with Crippen LogP contribution in [0, 0.1) is 0 Å². The lowest BCUT2D eigenvalue weighted by Gasteiger charge is -2.35. The van der Waals surface area contributed by atoms with Crippen LogP contribution in [0.15, 0.2) is 42.5 Å². The van der Waals surface area contributed by atoms with Crippen LogP contribution < -0.4 is 15.0 Å². The first-order chi connectivity index (χ1) is 14.7. The number of para-hydroxylation sites is 1. The third-order valence-corrected chi connectivity index (χ3v) is 6.34. The molecule has 160 valence electrons. The summed E-state index contributed by atoms with van der Waals surface area (Å²) in [5.74, 6) is 0.578. The molecule has 1 N–H and O–H groups in total. The van der Waals surface area contributed by atoms with Crippen LogP contribution in [-0.4, -0.2) is 50.6 Å². The highest BCUT2D eigenvalue weighted by Crippen LogP contribution is 2.32. The van der Waals surface area contributed by atoms with E-state index in [4.69, 9.17) is 4.74 Å². The zero-order valence-corrected chi connectivity index (χ0v) is 18.2. The highest BCUT2D eigenvalue weighted by molar-refractivity contribution is 5.96. The molecule has 4 rings (SSSR count). The number of likely N-dealkylation sites (N-methyl/N-ethyl adjacent to an activating group) is 1. The lowest BCUT2D eigenvalue weighted by atomic mass is 9.98. The van der Waals surface area contributed by atoms with Crippen molar-refractivity contribution < 1.29 is 9.53 Å². The molecule has 1 amide bonds. The number of benzene rings is 2. The van der Waals surface area contributed by atoms with Crippen molar-refractivity contribution in [3.63, 3.8) is 0 Å². The van der Waals surface area contributed by atoms with Crippen LogP contribution in [0.2, 0.25) is 0 Å². The van der Waals surface area contributed by atoms with Crippen molar-refractivity contribution in [2.75, 3.05) is 44.7 Å². The second-order valence-electron chi connectivity index (χ2n) is 8.31. The van der Waals surface area contributed by atoms with Gasteiger partial charge in [-0.05, 0) is 68.6 Å². The van der Waals surface area contributed by atoms with Crippen LogP contribution in [0.4, 0.5) is 5.69 Å². The minimum absolute atomic E-state index is 0.0676. The largest absolute Gasteiger partial charge is 0.493 e. The van der Waals surface area contributed by atoms with Gasteiger partial charge >= 0.3 is 0 Å². The molecule has 0 aliphatic carbocycles. The Bertz CT molecular complexity index is 876. The van der Waals surface area contributed by atoms with Gasteiger partial charge in [0, 0.05) is 25.8 Å². The summed E-state index contributed by atoms with van der Waals surface area (Å²) in [6, 6.07) is 14.5. The predicted molar refractivity (Wildman–Crippen MR) is 122 cm³/mol. The number of rotatable bonds is 7. The fourth-order valence-corrected chi connectivity index (χ4v) is 4.70. The van der Waals surface area contributed by atoms with Crippen molar-refractivity contribution in [2.24, 2.45) is 0 Å². The van der Waals surface area contributed by atoms with E-state index in [-0.39, 0.29) is 11.9 Å². The molecule has 1 unspecified atom stereocenters. The first-order valence-corrected chi connectivity index (χ1v) is 11.3. The Hall–Kier alpha value is -2.53. The molecule has 2 aromatic rings. The molecule has 1 fully saturated rings. The topological polar surface area (TPSA) is 44.8 Å². The van der Waals surface area contributed by atoms with Crippen LogP contribution in [0.1, 0.15) is 53.7 Å². The van der Waals surface area contributed by atoms with Crippen molar-refractivity contribution >= 4 is 11.6 Å². The number of ether oxygens (including phenoxy) is 1. The van der Waals surface area contributed by atoms with Crippen LogP contribution in [0.5, 0.6) is 5.75 Å². The Morgan fingerprint density at radius 3 is 2.70 bits per heavy atom. The average molecular weight is 408 g/mol. The molecule has 1 atom stereocenters. The average Bonchev–Trinajstić information content (AvgIpc) is 3.15. The van der Waals surface area contributed by atoms with Crippen molar-refractivity contribution in [1.82, 2.24) is 10.2 Å². The van der Waals surface area contributed by atoms with Gasteiger partial charge < -0.3 is 15.0 Å². The summed E-state index contributed by atoms with van der Waals surface area (Å²) in [6.07, 6.45) is 4.85. The number of hydrogen-bond acceptors (Lipinski definition) is 4. The van der Waals surface area contributed by atoms with Gasteiger partial charge in [-0.25, -0.2) is 0 Å². The van der Waals surface area contributed by atoms with E-state index in [1.165, 1.54) is 36.1 Å². The molecule has 30 heavy (non-hydrogen) atoms. The van der Waals surface area contributed by atoms with E-state index < -0.39 is 0 Å². The number of nitrogens with zero attached hydrogens (tertiary/aromatic N) is 2. The van der Waals surface area contributed by atoms with Crippen molar-refractivity contribution in [3.05, 3.63) is 59.2 Å². The number of piperidine rings is 1. The lowest BCUT2D eigenvalue weighted by molar-refractivity contribution is 0.0920. The van der Waals surface area contributed by atoms with Gasteiger partial charge in [0.05, 0.1) is 18.2 Å². The number of nitrogens with one attached hydrogen (secondary N) is 1. The number of amides is 1. The number of anilines is 1. The number of carbonyl (C=O) groups is 1. The molecular formula is C25H33N3O2.